The maximum absolute atomic E-state index is 12.3. The lowest BCUT2D eigenvalue weighted by Gasteiger charge is -2.32. The minimum absolute atomic E-state index is 0.00519. The summed E-state index contributed by atoms with van der Waals surface area (Å²) in [5.41, 5.74) is 1.90. The smallest absolute Gasteiger partial charge is 0.251 e. The fourth-order valence-corrected chi connectivity index (χ4v) is 3.32. The van der Waals surface area contributed by atoms with Gasteiger partial charge in [0.1, 0.15) is 0 Å². The summed E-state index contributed by atoms with van der Waals surface area (Å²) in [6.07, 6.45) is 6.40. The highest BCUT2D eigenvalue weighted by molar-refractivity contribution is 5.94. The van der Waals surface area contributed by atoms with Crippen LogP contribution in [0.4, 0.5) is 0 Å². The van der Waals surface area contributed by atoms with E-state index in [-0.39, 0.29) is 12.0 Å². The number of hydrogen-bond acceptors (Lipinski definition) is 3. The highest BCUT2D eigenvalue weighted by Crippen LogP contribution is 2.29. The van der Waals surface area contributed by atoms with Gasteiger partial charge < -0.3 is 15.4 Å². The van der Waals surface area contributed by atoms with E-state index in [0.717, 1.165) is 37.5 Å². The molecule has 2 atom stereocenters. The molecule has 1 amide bonds. The lowest BCUT2D eigenvalue weighted by Crippen LogP contribution is -2.36. The second-order valence-electron chi connectivity index (χ2n) is 6.91. The first-order chi connectivity index (χ1) is 11.2. The van der Waals surface area contributed by atoms with E-state index in [0.29, 0.717) is 12.6 Å². The number of carbonyl (C=O) groups is 1. The second-order valence-corrected chi connectivity index (χ2v) is 6.91. The molecule has 0 spiro atoms. The molecule has 0 aromatic heterocycles. The average molecular weight is 316 g/mol. The van der Waals surface area contributed by atoms with Gasteiger partial charge in [0.2, 0.25) is 0 Å². The van der Waals surface area contributed by atoms with Crippen LogP contribution < -0.4 is 10.6 Å². The first-order valence-corrected chi connectivity index (χ1v) is 8.94. The zero-order valence-electron chi connectivity index (χ0n) is 14.0. The summed E-state index contributed by atoms with van der Waals surface area (Å²) in [5, 5.41) is 6.58. The number of benzene rings is 1. The fraction of sp³-hybridized carbons (Fsp3) is 0.632. The summed E-state index contributed by atoms with van der Waals surface area (Å²) < 4.78 is 5.54. The summed E-state index contributed by atoms with van der Waals surface area (Å²) >= 11 is 0. The lowest BCUT2D eigenvalue weighted by atomic mass is 9.80. The Morgan fingerprint density at radius 1 is 1.30 bits per heavy atom. The maximum atomic E-state index is 12.3. The SMILES string of the molecule is C[C@H](NCc1cccc(C(=O)NC[C@H]2CCCO2)c1)C1CCC1. The minimum atomic E-state index is -0.00519. The number of amides is 1. The molecule has 2 aliphatic rings. The summed E-state index contributed by atoms with van der Waals surface area (Å²) in [4.78, 5) is 12.3. The maximum Gasteiger partial charge on any atom is 0.251 e. The van der Waals surface area contributed by atoms with E-state index in [1.165, 1.54) is 24.8 Å². The molecule has 23 heavy (non-hydrogen) atoms. The van der Waals surface area contributed by atoms with Crippen LogP contribution in [-0.2, 0) is 11.3 Å². The average Bonchev–Trinajstić information content (AvgIpc) is 3.02. The molecule has 1 saturated heterocycles. The largest absolute Gasteiger partial charge is 0.376 e. The molecular formula is C19H28N2O2. The molecule has 1 aliphatic heterocycles. The van der Waals surface area contributed by atoms with E-state index in [1.807, 2.05) is 18.2 Å². The number of rotatable bonds is 7. The molecular weight excluding hydrogens is 288 g/mol. The van der Waals surface area contributed by atoms with Crippen LogP contribution in [0.1, 0.15) is 54.9 Å². The highest BCUT2D eigenvalue weighted by atomic mass is 16.5. The van der Waals surface area contributed by atoms with Crippen LogP contribution in [0.25, 0.3) is 0 Å². The van der Waals surface area contributed by atoms with Crippen LogP contribution in [-0.4, -0.2) is 31.2 Å². The standard InChI is InChI=1S/C19H28N2O2/c1-14(16-6-3-7-16)20-12-15-5-2-8-17(11-15)19(22)21-13-18-9-4-10-23-18/h2,5,8,11,14,16,18,20H,3-4,6-7,9-10,12-13H2,1H3,(H,21,22)/t14-,18+/m0/s1. The Morgan fingerprint density at radius 2 is 2.17 bits per heavy atom. The quantitative estimate of drug-likeness (QED) is 0.813. The molecule has 2 fully saturated rings. The molecule has 1 aliphatic carbocycles. The molecule has 4 nitrogen and oxygen atoms in total. The molecule has 0 radical (unpaired) electrons. The zero-order valence-corrected chi connectivity index (χ0v) is 14.0. The second kappa shape index (κ2) is 7.93. The van der Waals surface area contributed by atoms with Crippen molar-refractivity contribution in [1.29, 1.82) is 0 Å². The van der Waals surface area contributed by atoms with Gasteiger partial charge in [0.05, 0.1) is 6.10 Å². The Morgan fingerprint density at radius 3 is 2.87 bits per heavy atom. The van der Waals surface area contributed by atoms with Gasteiger partial charge in [-0.05, 0) is 56.2 Å². The van der Waals surface area contributed by atoms with Crippen LogP contribution in [0.2, 0.25) is 0 Å². The summed E-state index contributed by atoms with van der Waals surface area (Å²) in [5.74, 6) is 0.822. The minimum Gasteiger partial charge on any atom is -0.376 e. The van der Waals surface area contributed by atoms with Gasteiger partial charge in [0.25, 0.3) is 5.91 Å². The van der Waals surface area contributed by atoms with Gasteiger partial charge >= 0.3 is 0 Å². The van der Waals surface area contributed by atoms with E-state index in [1.54, 1.807) is 0 Å². The van der Waals surface area contributed by atoms with Gasteiger partial charge in [-0.1, -0.05) is 18.6 Å². The van der Waals surface area contributed by atoms with Gasteiger partial charge in [0.15, 0.2) is 0 Å². The molecule has 0 bridgehead atoms. The van der Waals surface area contributed by atoms with E-state index >= 15 is 0 Å². The molecule has 1 aromatic carbocycles. The fourth-order valence-electron chi connectivity index (χ4n) is 3.32. The number of ether oxygens (including phenoxy) is 1. The third kappa shape index (κ3) is 4.55. The molecule has 2 N–H and O–H groups in total. The highest BCUT2D eigenvalue weighted by Gasteiger charge is 2.23. The van der Waals surface area contributed by atoms with Crippen molar-refractivity contribution in [3.05, 3.63) is 35.4 Å². The monoisotopic (exact) mass is 316 g/mol. The van der Waals surface area contributed by atoms with Gasteiger partial charge in [-0.15, -0.1) is 0 Å². The Bertz CT molecular complexity index is 522. The third-order valence-electron chi connectivity index (χ3n) is 5.19. The van der Waals surface area contributed by atoms with Gasteiger partial charge in [-0.2, -0.15) is 0 Å². The van der Waals surface area contributed by atoms with Crippen molar-refractivity contribution >= 4 is 5.91 Å². The molecule has 0 unspecified atom stereocenters. The van der Waals surface area contributed by atoms with Crippen molar-refractivity contribution in [2.45, 2.75) is 57.7 Å². The third-order valence-corrected chi connectivity index (χ3v) is 5.19. The van der Waals surface area contributed by atoms with Crippen molar-refractivity contribution < 1.29 is 9.53 Å². The Labute approximate surface area is 139 Å². The molecule has 1 aromatic rings. The van der Waals surface area contributed by atoms with E-state index in [9.17, 15) is 4.79 Å². The van der Waals surface area contributed by atoms with Crippen LogP contribution >= 0.6 is 0 Å². The van der Waals surface area contributed by atoms with Crippen molar-refractivity contribution in [2.75, 3.05) is 13.2 Å². The predicted molar refractivity (Wildman–Crippen MR) is 91.4 cm³/mol. The molecule has 3 rings (SSSR count). The summed E-state index contributed by atoms with van der Waals surface area (Å²) in [6.45, 7) is 4.52. The van der Waals surface area contributed by atoms with Crippen LogP contribution in [0.15, 0.2) is 24.3 Å². The van der Waals surface area contributed by atoms with Crippen LogP contribution in [0.5, 0.6) is 0 Å². The summed E-state index contributed by atoms with van der Waals surface area (Å²) in [7, 11) is 0. The molecule has 126 valence electrons. The van der Waals surface area contributed by atoms with Crippen molar-refractivity contribution in [2.24, 2.45) is 5.92 Å². The zero-order chi connectivity index (χ0) is 16.1. The lowest BCUT2D eigenvalue weighted by molar-refractivity contribution is 0.0857. The molecule has 1 heterocycles. The van der Waals surface area contributed by atoms with Gasteiger partial charge in [0, 0.05) is 31.3 Å². The Hall–Kier alpha value is -1.39. The topological polar surface area (TPSA) is 50.4 Å². The Balaban J connectivity index is 1.48. The van der Waals surface area contributed by atoms with Gasteiger partial charge in [-0.3, -0.25) is 4.79 Å². The Kier molecular flexibility index (Phi) is 5.68. The van der Waals surface area contributed by atoms with Crippen molar-refractivity contribution in [3.63, 3.8) is 0 Å². The van der Waals surface area contributed by atoms with Crippen molar-refractivity contribution in [3.8, 4) is 0 Å². The predicted octanol–water partition coefficient (Wildman–Crippen LogP) is 2.87. The number of hydrogen-bond donors (Lipinski definition) is 2. The van der Waals surface area contributed by atoms with E-state index < -0.39 is 0 Å². The first-order valence-electron chi connectivity index (χ1n) is 8.94. The van der Waals surface area contributed by atoms with Gasteiger partial charge in [-0.25, -0.2) is 0 Å². The van der Waals surface area contributed by atoms with E-state index in [4.69, 9.17) is 4.74 Å². The van der Waals surface area contributed by atoms with E-state index in [2.05, 4.69) is 23.6 Å². The van der Waals surface area contributed by atoms with Crippen LogP contribution in [0.3, 0.4) is 0 Å². The molecule has 1 saturated carbocycles. The number of nitrogens with one attached hydrogen (secondary N) is 2. The van der Waals surface area contributed by atoms with Crippen molar-refractivity contribution in [1.82, 2.24) is 10.6 Å². The normalized spacial score (nSPS) is 22.6. The number of carbonyl (C=O) groups excluding carboxylic acids is 1. The molecule has 4 heteroatoms. The van der Waals surface area contributed by atoms with Crippen LogP contribution in [0, 0.1) is 5.92 Å². The summed E-state index contributed by atoms with van der Waals surface area (Å²) in [6, 6.07) is 8.47. The first kappa shape index (κ1) is 16.5.